The molecule has 1 saturated heterocycles. The molecule has 146 valence electrons. The van der Waals surface area contributed by atoms with E-state index in [4.69, 9.17) is 27.9 Å². The number of carbonyl (C=O) groups is 1. The summed E-state index contributed by atoms with van der Waals surface area (Å²) in [5.41, 5.74) is 2.33. The second-order valence-electron chi connectivity index (χ2n) is 6.76. The molecular weight excluding hydrogens is 399 g/mol. The number of aromatic nitrogens is 2. The number of piperazine rings is 1. The van der Waals surface area contributed by atoms with Gasteiger partial charge in [0.15, 0.2) is 0 Å². The number of ether oxygens (including phenoxy) is 1. The Balaban J connectivity index is 1.39. The molecule has 0 atom stereocenters. The van der Waals surface area contributed by atoms with Crippen molar-refractivity contribution >= 4 is 40.1 Å². The second-order valence-corrected chi connectivity index (χ2v) is 7.60. The van der Waals surface area contributed by atoms with Crippen LogP contribution in [-0.4, -0.2) is 59.0 Å². The summed E-state index contributed by atoms with van der Waals surface area (Å²) in [5.74, 6) is 1.62. The SMILES string of the molecule is COc1ccc2nc(CN3CCN(C(=O)c4cc(Cl)ccc4Cl)CC3)[nH]c2c1. The number of amides is 1. The van der Waals surface area contributed by atoms with Crippen molar-refractivity contribution in [2.75, 3.05) is 33.3 Å². The molecule has 1 aromatic heterocycles. The van der Waals surface area contributed by atoms with Gasteiger partial charge in [-0.1, -0.05) is 23.2 Å². The molecule has 0 radical (unpaired) electrons. The van der Waals surface area contributed by atoms with E-state index in [1.54, 1.807) is 25.3 Å². The van der Waals surface area contributed by atoms with Crippen LogP contribution in [0.25, 0.3) is 11.0 Å². The number of methoxy groups -OCH3 is 1. The number of hydrogen-bond acceptors (Lipinski definition) is 4. The number of benzene rings is 2. The van der Waals surface area contributed by atoms with Crippen molar-refractivity contribution in [3.05, 3.63) is 57.8 Å². The molecule has 0 unspecified atom stereocenters. The van der Waals surface area contributed by atoms with Gasteiger partial charge in [0, 0.05) is 37.3 Å². The number of H-pyrrole nitrogens is 1. The highest BCUT2D eigenvalue weighted by molar-refractivity contribution is 6.35. The Hall–Kier alpha value is -2.28. The fourth-order valence-corrected chi connectivity index (χ4v) is 3.77. The number of halogens is 2. The average Bonchev–Trinajstić information content (AvgIpc) is 3.11. The van der Waals surface area contributed by atoms with Gasteiger partial charge in [-0.05, 0) is 30.3 Å². The molecule has 8 heteroatoms. The Bertz CT molecular complexity index is 1010. The standard InChI is InChI=1S/C20H20Cl2N4O2/c1-28-14-3-5-17-18(11-14)24-19(23-17)12-25-6-8-26(9-7-25)20(27)15-10-13(21)2-4-16(15)22/h2-5,10-11H,6-9,12H2,1H3,(H,23,24). The van der Waals surface area contributed by atoms with Crippen LogP contribution in [0, 0.1) is 0 Å². The molecule has 1 fully saturated rings. The van der Waals surface area contributed by atoms with Crippen molar-refractivity contribution in [3.8, 4) is 5.75 Å². The Labute approximate surface area is 173 Å². The van der Waals surface area contributed by atoms with E-state index in [-0.39, 0.29) is 5.91 Å². The highest BCUT2D eigenvalue weighted by Gasteiger charge is 2.24. The normalized spacial score (nSPS) is 15.2. The van der Waals surface area contributed by atoms with E-state index in [1.807, 2.05) is 23.1 Å². The van der Waals surface area contributed by atoms with Crippen molar-refractivity contribution in [2.24, 2.45) is 0 Å². The first-order valence-corrected chi connectivity index (χ1v) is 9.78. The van der Waals surface area contributed by atoms with Gasteiger partial charge in [-0.2, -0.15) is 0 Å². The molecule has 3 aromatic rings. The third-order valence-electron chi connectivity index (χ3n) is 4.93. The highest BCUT2D eigenvalue weighted by Crippen LogP contribution is 2.23. The summed E-state index contributed by atoms with van der Waals surface area (Å²) in [6.07, 6.45) is 0. The summed E-state index contributed by atoms with van der Waals surface area (Å²) in [5, 5.41) is 0.933. The first-order valence-electron chi connectivity index (χ1n) is 9.03. The van der Waals surface area contributed by atoms with Crippen LogP contribution in [0.3, 0.4) is 0 Å². The number of fused-ring (bicyclic) bond motifs is 1. The van der Waals surface area contributed by atoms with Gasteiger partial charge in [0.2, 0.25) is 0 Å². The summed E-state index contributed by atoms with van der Waals surface area (Å²) in [7, 11) is 1.65. The van der Waals surface area contributed by atoms with E-state index in [2.05, 4.69) is 14.9 Å². The van der Waals surface area contributed by atoms with Crippen LogP contribution in [0.4, 0.5) is 0 Å². The summed E-state index contributed by atoms with van der Waals surface area (Å²) >= 11 is 12.2. The molecule has 0 bridgehead atoms. The number of imidazole rings is 1. The van der Waals surface area contributed by atoms with Crippen molar-refractivity contribution < 1.29 is 9.53 Å². The molecular formula is C20H20Cl2N4O2. The number of aromatic amines is 1. The average molecular weight is 419 g/mol. The van der Waals surface area contributed by atoms with Crippen LogP contribution in [0.2, 0.25) is 10.0 Å². The molecule has 2 heterocycles. The molecule has 28 heavy (non-hydrogen) atoms. The maximum Gasteiger partial charge on any atom is 0.255 e. The van der Waals surface area contributed by atoms with Crippen molar-refractivity contribution in [3.63, 3.8) is 0 Å². The lowest BCUT2D eigenvalue weighted by Gasteiger charge is -2.34. The van der Waals surface area contributed by atoms with E-state index in [1.165, 1.54) is 0 Å². The molecule has 4 rings (SSSR count). The molecule has 6 nitrogen and oxygen atoms in total. The van der Waals surface area contributed by atoms with Crippen molar-refractivity contribution in [1.29, 1.82) is 0 Å². The fraction of sp³-hybridized carbons (Fsp3) is 0.300. The van der Waals surface area contributed by atoms with Crippen LogP contribution in [0.1, 0.15) is 16.2 Å². The molecule has 1 N–H and O–H groups in total. The van der Waals surface area contributed by atoms with E-state index in [9.17, 15) is 4.79 Å². The predicted molar refractivity (Wildman–Crippen MR) is 110 cm³/mol. The Morgan fingerprint density at radius 2 is 1.93 bits per heavy atom. The monoisotopic (exact) mass is 418 g/mol. The van der Waals surface area contributed by atoms with Gasteiger partial charge in [0.05, 0.1) is 35.3 Å². The van der Waals surface area contributed by atoms with E-state index >= 15 is 0 Å². The number of hydrogen-bond donors (Lipinski definition) is 1. The number of rotatable bonds is 4. The second kappa shape index (κ2) is 7.99. The summed E-state index contributed by atoms with van der Waals surface area (Å²) in [6, 6.07) is 10.8. The zero-order valence-corrected chi connectivity index (χ0v) is 16.9. The summed E-state index contributed by atoms with van der Waals surface area (Å²) in [4.78, 5) is 24.8. The van der Waals surface area contributed by atoms with Crippen molar-refractivity contribution in [2.45, 2.75) is 6.54 Å². The van der Waals surface area contributed by atoms with Gasteiger partial charge in [0.25, 0.3) is 5.91 Å². The van der Waals surface area contributed by atoms with E-state index in [0.29, 0.717) is 35.2 Å². The lowest BCUT2D eigenvalue weighted by molar-refractivity contribution is 0.0626. The lowest BCUT2D eigenvalue weighted by atomic mass is 10.1. The lowest BCUT2D eigenvalue weighted by Crippen LogP contribution is -2.48. The Kier molecular flexibility index (Phi) is 5.44. The van der Waals surface area contributed by atoms with Crippen LogP contribution in [0.5, 0.6) is 5.75 Å². The molecule has 2 aromatic carbocycles. The molecule has 0 saturated carbocycles. The van der Waals surface area contributed by atoms with Crippen molar-refractivity contribution in [1.82, 2.24) is 19.8 Å². The predicted octanol–water partition coefficient (Wildman–Crippen LogP) is 3.84. The van der Waals surface area contributed by atoms with Crippen LogP contribution >= 0.6 is 23.2 Å². The molecule has 0 aliphatic carbocycles. The van der Waals surface area contributed by atoms with Gasteiger partial charge >= 0.3 is 0 Å². The van der Waals surface area contributed by atoms with E-state index < -0.39 is 0 Å². The first-order chi connectivity index (χ1) is 13.5. The van der Waals surface area contributed by atoms with Gasteiger partial charge in [-0.25, -0.2) is 4.98 Å². The molecule has 1 amide bonds. The minimum absolute atomic E-state index is 0.0806. The molecule has 1 aliphatic heterocycles. The summed E-state index contributed by atoms with van der Waals surface area (Å²) < 4.78 is 5.25. The zero-order valence-electron chi connectivity index (χ0n) is 15.4. The van der Waals surface area contributed by atoms with Gasteiger partial charge in [-0.15, -0.1) is 0 Å². The minimum atomic E-state index is -0.0806. The fourth-order valence-electron chi connectivity index (χ4n) is 3.40. The maximum atomic E-state index is 12.7. The zero-order chi connectivity index (χ0) is 19.7. The number of carbonyl (C=O) groups excluding carboxylic acids is 1. The van der Waals surface area contributed by atoms with Crippen LogP contribution < -0.4 is 4.74 Å². The number of nitrogens with one attached hydrogen (secondary N) is 1. The highest BCUT2D eigenvalue weighted by atomic mass is 35.5. The maximum absolute atomic E-state index is 12.7. The van der Waals surface area contributed by atoms with Crippen LogP contribution in [0.15, 0.2) is 36.4 Å². The molecule has 0 spiro atoms. The summed E-state index contributed by atoms with van der Waals surface area (Å²) in [6.45, 7) is 3.51. The Morgan fingerprint density at radius 3 is 2.68 bits per heavy atom. The van der Waals surface area contributed by atoms with Gasteiger partial charge in [0.1, 0.15) is 11.6 Å². The van der Waals surface area contributed by atoms with Gasteiger partial charge < -0.3 is 14.6 Å². The number of nitrogens with zero attached hydrogens (tertiary/aromatic N) is 3. The largest absolute Gasteiger partial charge is 0.497 e. The topological polar surface area (TPSA) is 61.5 Å². The minimum Gasteiger partial charge on any atom is -0.497 e. The quantitative estimate of drug-likeness (QED) is 0.698. The third kappa shape index (κ3) is 3.94. The van der Waals surface area contributed by atoms with Crippen LogP contribution in [-0.2, 0) is 6.54 Å². The first kappa shape index (κ1) is 19.1. The van der Waals surface area contributed by atoms with E-state index in [0.717, 1.165) is 35.7 Å². The smallest absolute Gasteiger partial charge is 0.255 e. The van der Waals surface area contributed by atoms with Gasteiger partial charge in [-0.3, -0.25) is 9.69 Å². The Morgan fingerprint density at radius 1 is 1.14 bits per heavy atom. The third-order valence-corrected chi connectivity index (χ3v) is 5.49. The molecule has 1 aliphatic rings.